The van der Waals surface area contributed by atoms with Crippen LogP contribution in [0.4, 0.5) is 11.5 Å². The Labute approximate surface area is 115 Å². The number of benzene rings is 1. The molecule has 0 saturated carbocycles. The molecule has 0 aliphatic rings. The molecule has 2 rings (SSSR count). The van der Waals surface area contributed by atoms with E-state index >= 15 is 0 Å². The number of aromatic nitrogens is 2. The van der Waals surface area contributed by atoms with Crippen LogP contribution >= 0.6 is 0 Å². The van der Waals surface area contributed by atoms with E-state index in [1.807, 2.05) is 6.92 Å². The first-order chi connectivity index (χ1) is 9.60. The molecule has 2 aromatic rings. The molecule has 0 radical (unpaired) electrons. The molecule has 0 atom stereocenters. The van der Waals surface area contributed by atoms with Crippen LogP contribution in [0.3, 0.4) is 0 Å². The first-order valence-corrected chi connectivity index (χ1v) is 5.98. The van der Waals surface area contributed by atoms with E-state index in [9.17, 15) is 10.1 Å². The van der Waals surface area contributed by atoms with Crippen LogP contribution in [-0.4, -0.2) is 21.9 Å². The van der Waals surface area contributed by atoms with Gasteiger partial charge in [-0.15, -0.1) is 0 Å². The topological polar surface area (TPSA) is 90.2 Å². The molecular weight excluding hydrogens is 260 g/mol. The summed E-state index contributed by atoms with van der Waals surface area (Å²) in [5.41, 5.74) is 0.722. The van der Waals surface area contributed by atoms with Crippen molar-refractivity contribution in [2.24, 2.45) is 0 Å². The SMILES string of the molecule is CNc1cc(C)nc(COc2ccccc2[N+](=O)[O-])n1. The Bertz CT molecular complexity index is 631. The molecule has 7 nitrogen and oxygen atoms in total. The average molecular weight is 274 g/mol. The molecule has 0 aliphatic heterocycles. The van der Waals surface area contributed by atoms with Gasteiger partial charge in [0.2, 0.25) is 0 Å². The smallest absolute Gasteiger partial charge is 0.310 e. The molecule has 104 valence electrons. The van der Waals surface area contributed by atoms with E-state index in [0.29, 0.717) is 11.6 Å². The van der Waals surface area contributed by atoms with Gasteiger partial charge in [-0.1, -0.05) is 12.1 Å². The Kier molecular flexibility index (Phi) is 4.09. The minimum Gasteiger partial charge on any atom is -0.479 e. The predicted molar refractivity (Wildman–Crippen MR) is 73.7 cm³/mol. The van der Waals surface area contributed by atoms with E-state index in [0.717, 1.165) is 5.69 Å². The van der Waals surface area contributed by atoms with Crippen molar-refractivity contribution in [3.05, 3.63) is 52.0 Å². The Hall–Kier alpha value is -2.70. The van der Waals surface area contributed by atoms with Gasteiger partial charge >= 0.3 is 5.69 Å². The summed E-state index contributed by atoms with van der Waals surface area (Å²) in [5.74, 6) is 1.35. The Morgan fingerprint density at radius 3 is 2.80 bits per heavy atom. The van der Waals surface area contributed by atoms with Crippen molar-refractivity contribution in [3.63, 3.8) is 0 Å². The zero-order chi connectivity index (χ0) is 14.5. The molecule has 1 aromatic carbocycles. The lowest BCUT2D eigenvalue weighted by atomic mass is 10.3. The molecule has 7 heteroatoms. The molecule has 0 aliphatic carbocycles. The predicted octanol–water partition coefficient (Wildman–Crippen LogP) is 2.31. The van der Waals surface area contributed by atoms with E-state index in [4.69, 9.17) is 4.74 Å². The van der Waals surface area contributed by atoms with Gasteiger partial charge in [0.1, 0.15) is 12.4 Å². The van der Waals surface area contributed by atoms with Crippen LogP contribution in [0.15, 0.2) is 30.3 Å². The number of ether oxygens (including phenoxy) is 1. The Morgan fingerprint density at radius 1 is 1.35 bits per heavy atom. The number of nitrogens with zero attached hydrogens (tertiary/aromatic N) is 3. The fourth-order valence-corrected chi connectivity index (χ4v) is 1.69. The molecule has 20 heavy (non-hydrogen) atoms. The van der Waals surface area contributed by atoms with Crippen LogP contribution in [0, 0.1) is 17.0 Å². The molecule has 0 bridgehead atoms. The lowest BCUT2D eigenvalue weighted by Crippen LogP contribution is -2.06. The van der Waals surface area contributed by atoms with Crippen molar-refractivity contribution >= 4 is 11.5 Å². The van der Waals surface area contributed by atoms with Crippen LogP contribution in [0.1, 0.15) is 11.5 Å². The molecule has 0 spiro atoms. The van der Waals surface area contributed by atoms with Gasteiger partial charge in [-0.05, 0) is 13.0 Å². The number of nitro groups is 1. The highest BCUT2D eigenvalue weighted by atomic mass is 16.6. The summed E-state index contributed by atoms with van der Waals surface area (Å²) in [7, 11) is 1.76. The molecular formula is C13H14N4O3. The summed E-state index contributed by atoms with van der Waals surface area (Å²) in [5, 5.41) is 13.8. The normalized spacial score (nSPS) is 10.1. The van der Waals surface area contributed by atoms with E-state index in [1.54, 1.807) is 31.3 Å². The second kappa shape index (κ2) is 5.96. The second-order valence-corrected chi connectivity index (χ2v) is 4.07. The standard InChI is InChI=1S/C13H14N4O3/c1-9-7-12(14-2)16-13(15-9)8-20-11-6-4-3-5-10(11)17(18)19/h3-7H,8H2,1-2H3,(H,14,15,16). The van der Waals surface area contributed by atoms with E-state index in [1.165, 1.54) is 6.07 Å². The van der Waals surface area contributed by atoms with Crippen molar-refractivity contribution in [3.8, 4) is 5.75 Å². The third-order valence-electron chi connectivity index (χ3n) is 2.58. The number of rotatable bonds is 5. The van der Waals surface area contributed by atoms with Crippen molar-refractivity contribution < 1.29 is 9.66 Å². The summed E-state index contributed by atoms with van der Waals surface area (Å²) >= 11 is 0. The monoisotopic (exact) mass is 274 g/mol. The minimum atomic E-state index is -0.481. The van der Waals surface area contributed by atoms with E-state index in [2.05, 4.69) is 15.3 Å². The summed E-state index contributed by atoms with van der Waals surface area (Å²) in [6, 6.07) is 8.01. The van der Waals surface area contributed by atoms with Crippen LogP contribution in [0.2, 0.25) is 0 Å². The van der Waals surface area contributed by atoms with Crippen LogP contribution < -0.4 is 10.1 Å². The fourth-order valence-electron chi connectivity index (χ4n) is 1.69. The van der Waals surface area contributed by atoms with Crippen molar-refractivity contribution in [1.82, 2.24) is 9.97 Å². The summed E-state index contributed by atoms with van der Waals surface area (Å²) in [6.45, 7) is 1.91. The van der Waals surface area contributed by atoms with Gasteiger partial charge in [-0.3, -0.25) is 10.1 Å². The number of hydrogen-bond acceptors (Lipinski definition) is 6. The Morgan fingerprint density at radius 2 is 2.10 bits per heavy atom. The van der Waals surface area contributed by atoms with Gasteiger partial charge in [0, 0.05) is 24.9 Å². The van der Waals surface area contributed by atoms with E-state index in [-0.39, 0.29) is 18.0 Å². The lowest BCUT2D eigenvalue weighted by Gasteiger charge is -2.07. The van der Waals surface area contributed by atoms with Crippen molar-refractivity contribution in [1.29, 1.82) is 0 Å². The first kappa shape index (κ1) is 13.7. The number of nitrogens with one attached hydrogen (secondary N) is 1. The van der Waals surface area contributed by atoms with Gasteiger partial charge < -0.3 is 10.1 Å². The second-order valence-electron chi connectivity index (χ2n) is 4.07. The highest BCUT2D eigenvalue weighted by molar-refractivity contribution is 5.45. The zero-order valence-electron chi connectivity index (χ0n) is 11.2. The first-order valence-electron chi connectivity index (χ1n) is 5.98. The fraction of sp³-hybridized carbons (Fsp3) is 0.231. The quantitative estimate of drug-likeness (QED) is 0.664. The number of para-hydroxylation sites is 2. The van der Waals surface area contributed by atoms with E-state index < -0.39 is 4.92 Å². The molecule has 0 fully saturated rings. The maximum Gasteiger partial charge on any atom is 0.310 e. The lowest BCUT2D eigenvalue weighted by molar-refractivity contribution is -0.385. The van der Waals surface area contributed by atoms with Crippen molar-refractivity contribution in [2.45, 2.75) is 13.5 Å². The van der Waals surface area contributed by atoms with Crippen LogP contribution in [0.5, 0.6) is 5.75 Å². The number of hydrogen-bond donors (Lipinski definition) is 1. The zero-order valence-corrected chi connectivity index (χ0v) is 11.2. The third-order valence-corrected chi connectivity index (χ3v) is 2.58. The number of aryl methyl sites for hydroxylation is 1. The molecule has 0 unspecified atom stereocenters. The number of nitro benzene ring substituents is 1. The van der Waals surface area contributed by atoms with Crippen LogP contribution in [0.25, 0.3) is 0 Å². The van der Waals surface area contributed by atoms with Crippen LogP contribution in [-0.2, 0) is 6.61 Å². The molecule has 1 N–H and O–H groups in total. The summed E-state index contributed by atoms with van der Waals surface area (Å²) < 4.78 is 5.44. The molecule has 1 aromatic heterocycles. The van der Waals surface area contributed by atoms with Gasteiger partial charge in [-0.25, -0.2) is 9.97 Å². The highest BCUT2D eigenvalue weighted by Gasteiger charge is 2.14. The van der Waals surface area contributed by atoms with Gasteiger partial charge in [0.15, 0.2) is 11.6 Å². The Balaban J connectivity index is 2.17. The molecule has 1 heterocycles. The van der Waals surface area contributed by atoms with Gasteiger partial charge in [0.05, 0.1) is 4.92 Å². The summed E-state index contributed by atoms with van der Waals surface area (Å²) in [4.78, 5) is 18.8. The third kappa shape index (κ3) is 3.19. The van der Waals surface area contributed by atoms with Gasteiger partial charge in [0.25, 0.3) is 0 Å². The largest absolute Gasteiger partial charge is 0.479 e. The minimum absolute atomic E-state index is 0.0706. The highest BCUT2D eigenvalue weighted by Crippen LogP contribution is 2.26. The molecule has 0 amide bonds. The van der Waals surface area contributed by atoms with Crippen molar-refractivity contribution in [2.75, 3.05) is 12.4 Å². The summed E-state index contributed by atoms with van der Waals surface area (Å²) in [6.07, 6.45) is 0. The maximum absolute atomic E-state index is 10.9. The van der Waals surface area contributed by atoms with Gasteiger partial charge in [-0.2, -0.15) is 0 Å². The number of anilines is 1. The average Bonchev–Trinajstić information content (AvgIpc) is 2.44. The molecule has 0 saturated heterocycles. The maximum atomic E-state index is 10.9.